The minimum atomic E-state index is -0.492. The zero-order chi connectivity index (χ0) is 18.1. The van der Waals surface area contributed by atoms with Gasteiger partial charge in [0.15, 0.2) is 5.78 Å². The summed E-state index contributed by atoms with van der Waals surface area (Å²) in [4.78, 5) is 39.7. The number of carbonyl (C=O) groups excluding carboxylic acids is 2. The Morgan fingerprint density at radius 1 is 1.29 bits per heavy atom. The molecule has 2 rings (SSSR count). The molecule has 0 bridgehead atoms. The van der Waals surface area contributed by atoms with E-state index in [1.54, 1.807) is 0 Å². The highest BCUT2D eigenvalue weighted by Gasteiger charge is 2.33. The largest absolute Gasteiger partial charge is 0.350 e. The molecular weight excluding hydrogens is 306 g/mol. The summed E-state index contributed by atoms with van der Waals surface area (Å²) in [5.74, 6) is -0.532. The Bertz CT molecular complexity index is 715. The van der Waals surface area contributed by atoms with Crippen LogP contribution in [0.2, 0.25) is 0 Å². The third-order valence-electron chi connectivity index (χ3n) is 4.97. The van der Waals surface area contributed by atoms with Crippen molar-refractivity contribution in [2.24, 2.45) is 11.1 Å². The Labute approximate surface area is 142 Å². The molecular formula is C18H27N3O3. The number of carbonyl (C=O) groups is 2. The normalized spacial score (nSPS) is 16.6. The van der Waals surface area contributed by atoms with Gasteiger partial charge in [-0.2, -0.15) is 0 Å². The number of Topliss-reactive ketones (excluding diaryl/α,β-unsaturated/α-hetero) is 1. The van der Waals surface area contributed by atoms with Crippen LogP contribution >= 0.6 is 0 Å². The molecule has 6 heteroatoms. The first-order chi connectivity index (χ1) is 11.1. The van der Waals surface area contributed by atoms with Crippen molar-refractivity contribution in [3.05, 3.63) is 33.2 Å². The van der Waals surface area contributed by atoms with Crippen molar-refractivity contribution in [3.63, 3.8) is 0 Å². The van der Waals surface area contributed by atoms with Crippen molar-refractivity contribution in [2.75, 3.05) is 6.54 Å². The maximum atomic E-state index is 12.4. The number of hydrogen-bond acceptors (Lipinski definition) is 4. The van der Waals surface area contributed by atoms with Crippen LogP contribution in [-0.4, -0.2) is 28.8 Å². The van der Waals surface area contributed by atoms with Crippen molar-refractivity contribution < 1.29 is 9.59 Å². The van der Waals surface area contributed by atoms with Gasteiger partial charge in [-0.25, -0.2) is 0 Å². The average molecular weight is 333 g/mol. The summed E-state index contributed by atoms with van der Waals surface area (Å²) in [6, 6.07) is 1.43. The standard InChI is InChI=1S/C18H27N3O3/c1-5-18(19,6-2)10-20-15(23)12-7-11-13(21-16(12)24)8-17(3,4)9-14(11)22/h7H,5-6,8-10,19H2,1-4H3,(H,20,23)(H,21,24). The summed E-state index contributed by atoms with van der Waals surface area (Å²) in [7, 11) is 0. The molecule has 1 heterocycles. The molecule has 1 aromatic heterocycles. The molecule has 0 saturated heterocycles. The van der Waals surface area contributed by atoms with E-state index < -0.39 is 17.0 Å². The molecule has 1 aliphatic rings. The molecule has 0 fully saturated rings. The number of H-pyrrole nitrogens is 1. The van der Waals surface area contributed by atoms with Crippen molar-refractivity contribution in [1.29, 1.82) is 0 Å². The van der Waals surface area contributed by atoms with E-state index >= 15 is 0 Å². The summed E-state index contributed by atoms with van der Waals surface area (Å²) in [5.41, 5.74) is 6.07. The average Bonchev–Trinajstić information content (AvgIpc) is 2.50. The molecule has 1 amide bonds. The van der Waals surface area contributed by atoms with E-state index in [1.807, 2.05) is 27.7 Å². The number of nitrogens with two attached hydrogens (primary N) is 1. The van der Waals surface area contributed by atoms with E-state index in [0.717, 1.165) is 12.8 Å². The molecule has 1 aromatic rings. The van der Waals surface area contributed by atoms with Gasteiger partial charge in [0.1, 0.15) is 5.56 Å². The van der Waals surface area contributed by atoms with Crippen LogP contribution < -0.4 is 16.6 Å². The topological polar surface area (TPSA) is 105 Å². The van der Waals surface area contributed by atoms with E-state index in [2.05, 4.69) is 10.3 Å². The quantitative estimate of drug-likeness (QED) is 0.763. The smallest absolute Gasteiger partial charge is 0.261 e. The Kier molecular flexibility index (Phi) is 4.99. The zero-order valence-corrected chi connectivity index (χ0v) is 14.9. The van der Waals surface area contributed by atoms with Crippen LogP contribution in [0.15, 0.2) is 10.9 Å². The van der Waals surface area contributed by atoms with Gasteiger partial charge in [0.2, 0.25) is 0 Å². The van der Waals surface area contributed by atoms with Crippen molar-refractivity contribution >= 4 is 11.7 Å². The van der Waals surface area contributed by atoms with Gasteiger partial charge in [-0.15, -0.1) is 0 Å². The van der Waals surface area contributed by atoms with E-state index in [9.17, 15) is 14.4 Å². The van der Waals surface area contributed by atoms with Gasteiger partial charge in [-0.05, 0) is 30.7 Å². The van der Waals surface area contributed by atoms with E-state index in [4.69, 9.17) is 5.73 Å². The fourth-order valence-corrected chi connectivity index (χ4v) is 3.05. The molecule has 0 saturated carbocycles. The minimum Gasteiger partial charge on any atom is -0.350 e. The SMILES string of the molecule is CCC(N)(CC)CNC(=O)c1cc2c([nH]c1=O)CC(C)(C)CC2=O. The maximum absolute atomic E-state index is 12.4. The molecule has 4 N–H and O–H groups in total. The first-order valence-electron chi connectivity index (χ1n) is 8.47. The highest BCUT2D eigenvalue weighted by molar-refractivity contribution is 6.02. The van der Waals surface area contributed by atoms with E-state index in [0.29, 0.717) is 24.1 Å². The van der Waals surface area contributed by atoms with Gasteiger partial charge in [0.05, 0.1) is 0 Å². The second-order valence-electron chi connectivity index (χ2n) is 7.60. The summed E-state index contributed by atoms with van der Waals surface area (Å²) >= 11 is 0. The van der Waals surface area contributed by atoms with Crippen molar-refractivity contribution in [1.82, 2.24) is 10.3 Å². The monoisotopic (exact) mass is 333 g/mol. The lowest BCUT2D eigenvalue weighted by Crippen LogP contribution is -2.49. The van der Waals surface area contributed by atoms with Gasteiger partial charge >= 0.3 is 0 Å². The summed E-state index contributed by atoms with van der Waals surface area (Å²) in [5, 5.41) is 2.72. The lowest BCUT2D eigenvalue weighted by molar-refractivity contribution is 0.0910. The second kappa shape index (κ2) is 6.51. The number of aromatic amines is 1. The number of amides is 1. The van der Waals surface area contributed by atoms with Gasteiger partial charge in [-0.3, -0.25) is 14.4 Å². The number of ketones is 1. The first kappa shape index (κ1) is 18.4. The lowest BCUT2D eigenvalue weighted by Gasteiger charge is -2.30. The maximum Gasteiger partial charge on any atom is 0.261 e. The molecule has 0 aliphatic heterocycles. The van der Waals surface area contributed by atoms with Gasteiger partial charge in [0.25, 0.3) is 11.5 Å². The Balaban J connectivity index is 2.27. The number of nitrogens with one attached hydrogen (secondary N) is 2. The number of aromatic nitrogens is 1. The number of pyridine rings is 1. The van der Waals surface area contributed by atoms with Crippen LogP contribution in [0.1, 0.15) is 73.4 Å². The van der Waals surface area contributed by atoms with Gasteiger partial charge < -0.3 is 16.0 Å². The van der Waals surface area contributed by atoms with Crippen LogP contribution in [-0.2, 0) is 6.42 Å². The van der Waals surface area contributed by atoms with Crippen molar-refractivity contribution in [3.8, 4) is 0 Å². The van der Waals surface area contributed by atoms with Crippen LogP contribution in [0.3, 0.4) is 0 Å². The molecule has 0 unspecified atom stereocenters. The fraction of sp³-hybridized carbons (Fsp3) is 0.611. The minimum absolute atomic E-state index is 0.0311. The van der Waals surface area contributed by atoms with Gasteiger partial charge in [-0.1, -0.05) is 27.7 Å². The van der Waals surface area contributed by atoms with Crippen LogP contribution in [0.4, 0.5) is 0 Å². The molecule has 6 nitrogen and oxygen atoms in total. The molecule has 0 atom stereocenters. The summed E-state index contributed by atoms with van der Waals surface area (Å²) in [6.45, 7) is 8.19. The first-order valence-corrected chi connectivity index (χ1v) is 8.47. The fourth-order valence-electron chi connectivity index (χ4n) is 3.05. The zero-order valence-electron chi connectivity index (χ0n) is 14.9. The summed E-state index contributed by atoms with van der Waals surface area (Å²) in [6.07, 6.45) is 2.46. The number of fused-ring (bicyclic) bond motifs is 1. The number of hydrogen-bond donors (Lipinski definition) is 3. The molecule has 1 aliphatic carbocycles. The number of rotatable bonds is 5. The van der Waals surface area contributed by atoms with Gasteiger partial charge in [0, 0.05) is 29.8 Å². The van der Waals surface area contributed by atoms with Crippen LogP contribution in [0, 0.1) is 5.41 Å². The molecule has 132 valence electrons. The van der Waals surface area contributed by atoms with Crippen molar-refractivity contribution in [2.45, 2.75) is 58.9 Å². The Morgan fingerprint density at radius 3 is 2.50 bits per heavy atom. The molecule has 0 aromatic carbocycles. The summed E-state index contributed by atoms with van der Waals surface area (Å²) < 4.78 is 0. The van der Waals surface area contributed by atoms with Crippen LogP contribution in [0.5, 0.6) is 0 Å². The predicted molar refractivity (Wildman–Crippen MR) is 93.3 cm³/mol. The molecule has 0 radical (unpaired) electrons. The van der Waals surface area contributed by atoms with Crippen LogP contribution in [0.25, 0.3) is 0 Å². The second-order valence-corrected chi connectivity index (χ2v) is 7.60. The Hall–Kier alpha value is -1.95. The van der Waals surface area contributed by atoms with E-state index in [1.165, 1.54) is 6.07 Å². The molecule has 24 heavy (non-hydrogen) atoms. The highest BCUT2D eigenvalue weighted by Crippen LogP contribution is 2.33. The predicted octanol–water partition coefficient (Wildman–Crippen LogP) is 1.78. The van der Waals surface area contributed by atoms with E-state index in [-0.39, 0.29) is 23.3 Å². The molecule has 0 spiro atoms. The highest BCUT2D eigenvalue weighted by atomic mass is 16.2. The third-order valence-corrected chi connectivity index (χ3v) is 4.97. The third kappa shape index (κ3) is 3.75. The Morgan fingerprint density at radius 2 is 1.92 bits per heavy atom. The lowest BCUT2D eigenvalue weighted by atomic mass is 9.75.